The number of nitrogens with zero attached hydrogens (tertiary/aromatic N) is 5. The first kappa shape index (κ1) is 21.8. The predicted octanol–water partition coefficient (Wildman–Crippen LogP) is 3.41. The first-order valence-corrected chi connectivity index (χ1v) is 11.3. The number of hydrogen-bond donors (Lipinski definition) is 0. The highest BCUT2D eigenvalue weighted by Crippen LogP contribution is 2.34. The van der Waals surface area contributed by atoms with Crippen molar-refractivity contribution in [3.63, 3.8) is 0 Å². The number of anilines is 2. The summed E-state index contributed by atoms with van der Waals surface area (Å²) in [5, 5.41) is 0. The normalized spacial score (nSPS) is 15.7. The second-order valence-electron chi connectivity index (χ2n) is 8.68. The van der Waals surface area contributed by atoms with E-state index in [1.54, 1.807) is 14.2 Å². The smallest absolute Gasteiger partial charge is 0.332 e. The van der Waals surface area contributed by atoms with Gasteiger partial charge < -0.3 is 14.2 Å². The first-order valence-electron chi connectivity index (χ1n) is 11.3. The number of methoxy groups -OCH3 is 1. The number of rotatable bonds is 5. The zero-order chi connectivity index (χ0) is 23.8. The SMILES string of the molecule is COc1cccc(N2C[C@@H](C)Cn3c2nc2c3c(=O)n(C/C=C/c3ccccc3)c(=O)n2C)c1. The summed E-state index contributed by atoms with van der Waals surface area (Å²) in [6, 6.07) is 17.6. The standard InChI is InChI=1S/C26H27N5O3/c1-18-16-30(20-12-7-13-21(15-20)34-3)25-27-23-22(31(25)17-18)24(32)29(26(33)28(23)2)14-8-11-19-9-5-4-6-10-19/h4-13,15,18H,14,16-17H2,1-3H3/b11-8+/t18-/m1/s1. The van der Waals surface area contributed by atoms with Gasteiger partial charge in [0.25, 0.3) is 5.56 Å². The minimum atomic E-state index is -0.383. The summed E-state index contributed by atoms with van der Waals surface area (Å²) < 4.78 is 10.1. The average Bonchev–Trinajstić information content (AvgIpc) is 3.24. The quantitative estimate of drug-likeness (QED) is 0.459. The van der Waals surface area contributed by atoms with E-state index in [-0.39, 0.29) is 23.7 Å². The topological polar surface area (TPSA) is 74.3 Å². The molecule has 1 atom stereocenters. The van der Waals surface area contributed by atoms with Gasteiger partial charge in [0.15, 0.2) is 11.2 Å². The Kier molecular flexibility index (Phi) is 5.57. The van der Waals surface area contributed by atoms with Crippen LogP contribution in [-0.2, 0) is 20.1 Å². The van der Waals surface area contributed by atoms with Crippen LogP contribution in [0.25, 0.3) is 17.2 Å². The average molecular weight is 458 g/mol. The summed E-state index contributed by atoms with van der Waals surface area (Å²) in [6.45, 7) is 3.73. The fraction of sp³-hybridized carbons (Fsp3) is 0.269. The Morgan fingerprint density at radius 2 is 1.88 bits per heavy atom. The highest BCUT2D eigenvalue weighted by molar-refractivity contribution is 5.77. The van der Waals surface area contributed by atoms with Crippen LogP contribution in [0.15, 0.2) is 70.3 Å². The molecule has 0 radical (unpaired) electrons. The molecule has 5 rings (SSSR count). The number of imidazole rings is 1. The molecule has 0 saturated heterocycles. The molecular weight excluding hydrogens is 430 g/mol. The Morgan fingerprint density at radius 1 is 1.09 bits per heavy atom. The molecule has 34 heavy (non-hydrogen) atoms. The maximum Gasteiger partial charge on any atom is 0.332 e. The summed E-state index contributed by atoms with van der Waals surface area (Å²) in [5.41, 5.74) is 2.08. The van der Waals surface area contributed by atoms with E-state index in [4.69, 9.17) is 9.72 Å². The first-order chi connectivity index (χ1) is 16.5. The van der Waals surface area contributed by atoms with Gasteiger partial charge in [0.1, 0.15) is 5.75 Å². The van der Waals surface area contributed by atoms with E-state index in [1.165, 1.54) is 9.13 Å². The molecule has 1 aliphatic heterocycles. The Bertz CT molecular complexity index is 1500. The van der Waals surface area contributed by atoms with Crippen molar-refractivity contribution in [2.45, 2.75) is 20.0 Å². The lowest BCUT2D eigenvalue weighted by atomic mass is 10.1. The van der Waals surface area contributed by atoms with Gasteiger partial charge in [0.2, 0.25) is 5.95 Å². The van der Waals surface area contributed by atoms with Crippen LogP contribution in [0.3, 0.4) is 0 Å². The maximum absolute atomic E-state index is 13.5. The number of aromatic nitrogens is 4. The van der Waals surface area contributed by atoms with E-state index in [0.717, 1.165) is 23.5 Å². The van der Waals surface area contributed by atoms with Crippen LogP contribution in [0.4, 0.5) is 11.6 Å². The van der Waals surface area contributed by atoms with Gasteiger partial charge in [-0.25, -0.2) is 4.79 Å². The largest absolute Gasteiger partial charge is 0.497 e. The summed E-state index contributed by atoms with van der Waals surface area (Å²) in [6.07, 6.45) is 3.75. The molecule has 0 N–H and O–H groups in total. The van der Waals surface area contributed by atoms with Gasteiger partial charge in [-0.05, 0) is 23.6 Å². The van der Waals surface area contributed by atoms with Gasteiger partial charge in [0.05, 0.1) is 7.11 Å². The van der Waals surface area contributed by atoms with Crippen molar-refractivity contribution in [1.29, 1.82) is 0 Å². The number of aryl methyl sites for hydroxylation is 1. The van der Waals surface area contributed by atoms with E-state index >= 15 is 0 Å². The molecule has 3 heterocycles. The number of fused-ring (bicyclic) bond motifs is 3. The van der Waals surface area contributed by atoms with Gasteiger partial charge in [-0.3, -0.25) is 13.9 Å². The molecule has 8 nitrogen and oxygen atoms in total. The zero-order valence-electron chi connectivity index (χ0n) is 19.5. The molecule has 8 heteroatoms. The fourth-order valence-electron chi connectivity index (χ4n) is 4.52. The molecule has 174 valence electrons. The van der Waals surface area contributed by atoms with E-state index in [1.807, 2.05) is 71.3 Å². The number of ether oxygens (including phenoxy) is 1. The van der Waals surface area contributed by atoms with E-state index in [2.05, 4.69) is 11.8 Å². The molecular formula is C26H27N5O3. The molecule has 4 aromatic rings. The monoisotopic (exact) mass is 457 g/mol. The zero-order valence-corrected chi connectivity index (χ0v) is 19.5. The second kappa shape index (κ2) is 8.70. The summed E-state index contributed by atoms with van der Waals surface area (Å²) >= 11 is 0. The molecule has 1 aliphatic rings. The third kappa shape index (κ3) is 3.71. The van der Waals surface area contributed by atoms with Crippen LogP contribution in [0, 0.1) is 5.92 Å². The molecule has 0 aliphatic carbocycles. The van der Waals surface area contributed by atoms with Crippen LogP contribution >= 0.6 is 0 Å². The lowest BCUT2D eigenvalue weighted by molar-refractivity contribution is 0.414. The van der Waals surface area contributed by atoms with Crippen molar-refractivity contribution in [2.75, 3.05) is 18.6 Å². The second-order valence-corrected chi connectivity index (χ2v) is 8.68. The minimum Gasteiger partial charge on any atom is -0.497 e. The number of hydrogen-bond acceptors (Lipinski definition) is 5. The molecule has 0 amide bonds. The maximum atomic E-state index is 13.5. The van der Waals surface area contributed by atoms with Crippen LogP contribution in [0.2, 0.25) is 0 Å². The van der Waals surface area contributed by atoms with Gasteiger partial charge in [-0.15, -0.1) is 0 Å². The molecule has 2 aromatic carbocycles. The summed E-state index contributed by atoms with van der Waals surface area (Å²) in [5.74, 6) is 1.68. The van der Waals surface area contributed by atoms with Crippen molar-refractivity contribution in [1.82, 2.24) is 18.7 Å². The van der Waals surface area contributed by atoms with Crippen LogP contribution < -0.4 is 20.9 Å². The van der Waals surface area contributed by atoms with Crippen molar-refractivity contribution < 1.29 is 4.74 Å². The van der Waals surface area contributed by atoms with Gasteiger partial charge in [0, 0.05) is 38.4 Å². The fourth-order valence-corrected chi connectivity index (χ4v) is 4.52. The van der Waals surface area contributed by atoms with E-state index in [9.17, 15) is 9.59 Å². The third-order valence-corrected chi connectivity index (χ3v) is 6.21. The van der Waals surface area contributed by atoms with E-state index < -0.39 is 0 Å². The highest BCUT2D eigenvalue weighted by Gasteiger charge is 2.29. The van der Waals surface area contributed by atoms with Crippen molar-refractivity contribution in [3.8, 4) is 5.75 Å². The predicted molar refractivity (Wildman–Crippen MR) is 134 cm³/mol. The van der Waals surface area contributed by atoms with Crippen LogP contribution in [0.1, 0.15) is 12.5 Å². The van der Waals surface area contributed by atoms with E-state index in [0.29, 0.717) is 23.7 Å². The van der Waals surface area contributed by atoms with Gasteiger partial charge in [-0.1, -0.05) is 55.5 Å². The van der Waals surface area contributed by atoms with Crippen molar-refractivity contribution >= 4 is 28.9 Å². The molecule has 0 unspecified atom stereocenters. The van der Waals surface area contributed by atoms with Crippen molar-refractivity contribution in [3.05, 3.63) is 87.1 Å². The molecule has 0 spiro atoms. The number of allylic oxidation sites excluding steroid dienone is 1. The Morgan fingerprint density at radius 3 is 2.65 bits per heavy atom. The third-order valence-electron chi connectivity index (χ3n) is 6.21. The molecule has 0 bridgehead atoms. The molecule has 2 aromatic heterocycles. The van der Waals surface area contributed by atoms with Crippen molar-refractivity contribution in [2.24, 2.45) is 13.0 Å². The Labute approximate surface area is 197 Å². The molecule has 0 saturated carbocycles. The van der Waals surface area contributed by atoms with Crippen LogP contribution in [-0.4, -0.2) is 32.3 Å². The van der Waals surface area contributed by atoms with Crippen LogP contribution in [0.5, 0.6) is 5.75 Å². The lowest BCUT2D eigenvalue weighted by Crippen LogP contribution is -2.40. The molecule has 0 fully saturated rings. The summed E-state index contributed by atoms with van der Waals surface area (Å²) in [7, 11) is 3.30. The Hall–Kier alpha value is -4.07. The van der Waals surface area contributed by atoms with Gasteiger partial charge in [-0.2, -0.15) is 4.98 Å². The lowest BCUT2D eigenvalue weighted by Gasteiger charge is -2.33. The highest BCUT2D eigenvalue weighted by atomic mass is 16.5. The van der Waals surface area contributed by atoms with Gasteiger partial charge >= 0.3 is 5.69 Å². The summed E-state index contributed by atoms with van der Waals surface area (Å²) in [4.78, 5) is 33.5. The minimum absolute atomic E-state index is 0.187. The number of benzene rings is 2. The Balaban J connectivity index is 1.63.